The average molecular weight is 417 g/mol. The molecule has 3 rings (SSSR count). The highest BCUT2D eigenvalue weighted by Gasteiger charge is 2.19. The number of aliphatic carboxylic acids is 2. The van der Waals surface area contributed by atoms with E-state index >= 15 is 0 Å². The first-order valence-corrected chi connectivity index (χ1v) is 9.90. The van der Waals surface area contributed by atoms with Crippen LogP contribution in [0.5, 0.6) is 0 Å². The van der Waals surface area contributed by atoms with E-state index in [-0.39, 0.29) is 5.82 Å². The lowest BCUT2D eigenvalue weighted by atomic mass is 9.97. The maximum absolute atomic E-state index is 12.9. The van der Waals surface area contributed by atoms with Gasteiger partial charge >= 0.3 is 11.9 Å². The van der Waals surface area contributed by atoms with E-state index in [2.05, 4.69) is 36.1 Å². The van der Waals surface area contributed by atoms with Crippen molar-refractivity contribution in [1.29, 1.82) is 0 Å². The SMILES string of the molecule is Cc1ccccc1CN1CCC(COCc2ccc(F)cc2)CC1.O=C(O)C(=O)O. The van der Waals surface area contributed by atoms with E-state index in [1.165, 1.54) is 36.1 Å². The first kappa shape index (κ1) is 23.5. The number of carboxylic acid groups (broad SMARTS) is 2. The van der Waals surface area contributed by atoms with E-state index in [4.69, 9.17) is 24.5 Å². The third-order valence-corrected chi connectivity index (χ3v) is 5.08. The van der Waals surface area contributed by atoms with Gasteiger partial charge in [-0.1, -0.05) is 36.4 Å². The second kappa shape index (κ2) is 12.0. The number of hydrogen-bond acceptors (Lipinski definition) is 4. The number of hydrogen-bond donors (Lipinski definition) is 2. The zero-order valence-electron chi connectivity index (χ0n) is 17.1. The fraction of sp³-hybridized carbons (Fsp3) is 0.391. The molecule has 2 N–H and O–H groups in total. The summed E-state index contributed by atoms with van der Waals surface area (Å²) in [6.07, 6.45) is 2.38. The summed E-state index contributed by atoms with van der Waals surface area (Å²) in [5, 5.41) is 14.8. The summed E-state index contributed by atoms with van der Waals surface area (Å²) in [4.78, 5) is 20.7. The van der Waals surface area contributed by atoms with Crippen molar-refractivity contribution in [3.63, 3.8) is 0 Å². The van der Waals surface area contributed by atoms with Crippen LogP contribution in [0.25, 0.3) is 0 Å². The molecule has 0 spiro atoms. The van der Waals surface area contributed by atoms with Gasteiger partial charge in [0.15, 0.2) is 0 Å². The lowest BCUT2D eigenvalue weighted by molar-refractivity contribution is -0.159. The number of rotatable bonds is 6. The zero-order chi connectivity index (χ0) is 21.9. The molecule has 1 heterocycles. The molecule has 0 aliphatic carbocycles. The quantitative estimate of drug-likeness (QED) is 0.697. The van der Waals surface area contributed by atoms with Crippen LogP contribution in [0.3, 0.4) is 0 Å². The summed E-state index contributed by atoms with van der Waals surface area (Å²) in [6, 6.07) is 15.2. The number of nitrogens with zero attached hydrogens (tertiary/aromatic N) is 1. The van der Waals surface area contributed by atoms with E-state index in [0.717, 1.165) is 31.8 Å². The van der Waals surface area contributed by atoms with Crippen molar-refractivity contribution in [3.8, 4) is 0 Å². The van der Waals surface area contributed by atoms with Crippen molar-refractivity contribution >= 4 is 11.9 Å². The van der Waals surface area contributed by atoms with E-state index in [0.29, 0.717) is 12.5 Å². The smallest absolute Gasteiger partial charge is 0.414 e. The topological polar surface area (TPSA) is 87.1 Å². The third-order valence-electron chi connectivity index (χ3n) is 5.08. The summed E-state index contributed by atoms with van der Waals surface area (Å²) in [5.41, 5.74) is 3.85. The number of halogens is 1. The van der Waals surface area contributed by atoms with E-state index in [1.807, 2.05) is 0 Å². The molecule has 2 aromatic rings. The molecule has 1 aliphatic heterocycles. The summed E-state index contributed by atoms with van der Waals surface area (Å²) in [6.45, 7) is 6.89. The van der Waals surface area contributed by atoms with Crippen molar-refractivity contribution in [2.24, 2.45) is 5.92 Å². The molecule has 1 saturated heterocycles. The van der Waals surface area contributed by atoms with Gasteiger partial charge in [-0.05, 0) is 67.6 Å². The van der Waals surface area contributed by atoms with Crippen molar-refractivity contribution in [2.75, 3.05) is 19.7 Å². The Hall–Kier alpha value is -2.77. The van der Waals surface area contributed by atoms with Crippen molar-refractivity contribution in [2.45, 2.75) is 32.9 Å². The molecule has 162 valence electrons. The van der Waals surface area contributed by atoms with E-state index < -0.39 is 11.9 Å². The molecule has 0 unspecified atom stereocenters. The number of benzene rings is 2. The second-order valence-electron chi connectivity index (χ2n) is 7.40. The molecule has 0 amide bonds. The van der Waals surface area contributed by atoms with Crippen molar-refractivity contribution < 1.29 is 28.9 Å². The fourth-order valence-corrected chi connectivity index (χ4v) is 3.26. The number of carboxylic acids is 2. The van der Waals surface area contributed by atoms with Gasteiger partial charge < -0.3 is 14.9 Å². The van der Waals surface area contributed by atoms with Crippen LogP contribution in [0.15, 0.2) is 48.5 Å². The Labute approximate surface area is 175 Å². The minimum atomic E-state index is -1.82. The molecule has 1 fully saturated rings. The third kappa shape index (κ3) is 8.31. The van der Waals surface area contributed by atoms with Gasteiger partial charge in [-0.2, -0.15) is 0 Å². The number of aryl methyl sites for hydroxylation is 1. The highest BCUT2D eigenvalue weighted by molar-refractivity contribution is 6.27. The van der Waals surface area contributed by atoms with Crippen LogP contribution in [0.1, 0.15) is 29.5 Å². The molecular weight excluding hydrogens is 389 g/mol. The summed E-state index contributed by atoms with van der Waals surface area (Å²) in [7, 11) is 0. The predicted octanol–water partition coefficient (Wildman–Crippen LogP) is 3.72. The van der Waals surface area contributed by atoms with Crippen LogP contribution in [-0.2, 0) is 27.5 Å². The first-order chi connectivity index (χ1) is 14.3. The van der Waals surface area contributed by atoms with Gasteiger partial charge in [0.05, 0.1) is 6.61 Å². The molecule has 1 aliphatic rings. The standard InChI is InChI=1S/C21H26FNO.C2H2O4/c1-17-4-2-3-5-20(17)14-23-12-10-19(11-13-23)16-24-15-18-6-8-21(22)9-7-18;3-1(4)2(5)6/h2-9,19H,10-16H2,1H3;(H,3,4)(H,5,6). The number of likely N-dealkylation sites (tertiary alicyclic amines) is 1. The van der Waals surface area contributed by atoms with Crippen LogP contribution in [0.4, 0.5) is 4.39 Å². The average Bonchev–Trinajstić information content (AvgIpc) is 2.73. The highest BCUT2D eigenvalue weighted by Crippen LogP contribution is 2.21. The van der Waals surface area contributed by atoms with Gasteiger partial charge in [0, 0.05) is 13.2 Å². The Morgan fingerprint density at radius 3 is 2.20 bits per heavy atom. The largest absolute Gasteiger partial charge is 0.473 e. The van der Waals surface area contributed by atoms with Gasteiger partial charge in [-0.15, -0.1) is 0 Å². The Balaban J connectivity index is 0.000000469. The molecule has 0 radical (unpaired) electrons. The first-order valence-electron chi connectivity index (χ1n) is 9.90. The van der Waals surface area contributed by atoms with Crippen molar-refractivity contribution in [3.05, 3.63) is 71.0 Å². The normalized spacial score (nSPS) is 14.6. The molecule has 6 nitrogen and oxygen atoms in total. The molecule has 2 aromatic carbocycles. The summed E-state index contributed by atoms with van der Waals surface area (Å²) < 4.78 is 18.7. The van der Waals surface area contributed by atoms with Crippen LogP contribution in [0.2, 0.25) is 0 Å². The van der Waals surface area contributed by atoms with Crippen molar-refractivity contribution in [1.82, 2.24) is 4.90 Å². The lowest BCUT2D eigenvalue weighted by Crippen LogP contribution is -2.34. The minimum Gasteiger partial charge on any atom is -0.473 e. The van der Waals surface area contributed by atoms with Gasteiger partial charge in [0.2, 0.25) is 0 Å². The number of piperidine rings is 1. The van der Waals surface area contributed by atoms with Gasteiger partial charge in [-0.3, -0.25) is 4.90 Å². The number of carbonyl (C=O) groups is 2. The molecule has 0 aromatic heterocycles. The van der Waals surface area contributed by atoms with Crippen LogP contribution < -0.4 is 0 Å². The molecule has 30 heavy (non-hydrogen) atoms. The van der Waals surface area contributed by atoms with Crippen LogP contribution in [-0.4, -0.2) is 46.7 Å². The van der Waals surface area contributed by atoms with E-state index in [9.17, 15) is 4.39 Å². The second-order valence-corrected chi connectivity index (χ2v) is 7.40. The van der Waals surface area contributed by atoms with Gasteiger partial charge in [0.25, 0.3) is 0 Å². The molecule has 0 atom stereocenters. The van der Waals surface area contributed by atoms with Crippen LogP contribution in [0, 0.1) is 18.7 Å². The number of ether oxygens (including phenoxy) is 1. The lowest BCUT2D eigenvalue weighted by Gasteiger charge is -2.32. The highest BCUT2D eigenvalue weighted by atomic mass is 19.1. The fourth-order valence-electron chi connectivity index (χ4n) is 3.26. The molecular formula is C23H28FNO5. The minimum absolute atomic E-state index is 0.195. The van der Waals surface area contributed by atoms with E-state index in [1.54, 1.807) is 12.1 Å². The molecule has 0 saturated carbocycles. The monoisotopic (exact) mass is 417 g/mol. The Morgan fingerprint density at radius 2 is 1.63 bits per heavy atom. The molecule has 0 bridgehead atoms. The predicted molar refractivity (Wildman–Crippen MR) is 111 cm³/mol. The van der Waals surface area contributed by atoms with Crippen LogP contribution >= 0.6 is 0 Å². The Morgan fingerprint density at radius 1 is 1.03 bits per heavy atom. The van der Waals surface area contributed by atoms with Gasteiger partial charge in [0.1, 0.15) is 5.82 Å². The Kier molecular flexibility index (Phi) is 9.44. The van der Waals surface area contributed by atoms with Gasteiger partial charge in [-0.25, -0.2) is 14.0 Å². The Bertz CT molecular complexity index is 805. The maximum Gasteiger partial charge on any atom is 0.414 e. The molecule has 7 heteroatoms. The summed E-state index contributed by atoms with van der Waals surface area (Å²) in [5.74, 6) is -3.21. The summed E-state index contributed by atoms with van der Waals surface area (Å²) >= 11 is 0. The zero-order valence-corrected chi connectivity index (χ0v) is 17.1. The maximum atomic E-state index is 12.9.